The van der Waals surface area contributed by atoms with Gasteiger partial charge in [0.25, 0.3) is 0 Å². The van der Waals surface area contributed by atoms with Crippen LogP contribution in [-0.4, -0.2) is 31.4 Å². The fourth-order valence-corrected chi connectivity index (χ4v) is 3.51. The molecule has 35 heavy (non-hydrogen) atoms. The van der Waals surface area contributed by atoms with Gasteiger partial charge in [0.2, 0.25) is 0 Å². The predicted octanol–water partition coefficient (Wildman–Crippen LogP) is 7.18. The molecule has 3 aromatic carbocycles. The minimum absolute atomic E-state index is 0.00805. The lowest BCUT2D eigenvalue weighted by molar-refractivity contribution is -0.253. The van der Waals surface area contributed by atoms with E-state index in [1.165, 1.54) is 29.2 Å². The van der Waals surface area contributed by atoms with Crippen molar-refractivity contribution in [2.24, 2.45) is 0 Å². The van der Waals surface area contributed by atoms with E-state index >= 15 is 0 Å². The molecule has 0 bridgehead atoms. The molecular weight excluding hydrogens is 483 g/mol. The molecule has 0 aromatic heterocycles. The van der Waals surface area contributed by atoms with E-state index in [0.717, 1.165) is 12.1 Å². The van der Waals surface area contributed by atoms with Gasteiger partial charge in [0.15, 0.2) is 12.3 Å². The molecule has 2 atom stereocenters. The Balaban J connectivity index is 1.65. The lowest BCUT2D eigenvalue weighted by atomic mass is 10.1. The molecule has 186 valence electrons. The first-order valence-corrected chi connectivity index (χ1v) is 10.3. The number of rotatable bonds is 7. The molecule has 1 aliphatic rings. The fraction of sp³-hybridized carbons (Fsp3) is 0.250. The highest BCUT2D eigenvalue weighted by molar-refractivity contribution is 5.54. The molecule has 0 radical (unpaired) electrons. The maximum absolute atomic E-state index is 13.5. The van der Waals surface area contributed by atoms with E-state index in [-0.39, 0.29) is 5.56 Å². The maximum atomic E-state index is 13.5. The lowest BCUT2D eigenvalue weighted by Crippen LogP contribution is -2.33. The second-order valence-corrected chi connectivity index (χ2v) is 7.62. The zero-order valence-corrected chi connectivity index (χ0v) is 17.8. The van der Waals surface area contributed by atoms with Gasteiger partial charge in [-0.2, -0.15) is 30.7 Å². The van der Waals surface area contributed by atoms with Gasteiger partial charge in [0.1, 0.15) is 17.2 Å². The van der Waals surface area contributed by atoms with Crippen LogP contribution < -0.4 is 14.4 Å². The van der Waals surface area contributed by atoms with Crippen molar-refractivity contribution in [1.82, 2.24) is 0 Å². The molecule has 11 heteroatoms. The summed E-state index contributed by atoms with van der Waals surface area (Å²) in [6.07, 6.45) is -17.1. The van der Waals surface area contributed by atoms with Crippen LogP contribution in [-0.2, 0) is 4.74 Å². The molecule has 0 N–H and O–H groups in total. The van der Waals surface area contributed by atoms with Crippen molar-refractivity contribution in [1.29, 1.82) is 0 Å². The first-order chi connectivity index (χ1) is 16.5. The molecule has 0 amide bonds. The van der Waals surface area contributed by atoms with Crippen molar-refractivity contribution in [3.05, 3.63) is 84.4 Å². The molecule has 0 saturated carbocycles. The number of nitrogens with zero attached hydrogens (tertiary/aromatic N) is 1. The topological polar surface area (TPSA) is 30.9 Å². The lowest BCUT2D eigenvalue weighted by Gasteiger charge is -2.26. The zero-order chi connectivity index (χ0) is 25.2. The quantitative estimate of drug-likeness (QED) is 0.321. The van der Waals surface area contributed by atoms with Crippen LogP contribution in [0.4, 0.5) is 36.4 Å². The smallest absolute Gasteiger partial charge is 0.457 e. The average molecular weight is 501 g/mol. The number of hydrogen-bond acceptors (Lipinski definition) is 4. The Bertz CT molecular complexity index is 1140. The second-order valence-electron chi connectivity index (χ2n) is 7.62. The monoisotopic (exact) mass is 501 g/mol. The van der Waals surface area contributed by atoms with Gasteiger partial charge in [-0.25, -0.2) is 0 Å². The van der Waals surface area contributed by atoms with Gasteiger partial charge in [0.05, 0.1) is 6.54 Å². The first kappa shape index (κ1) is 24.6. The molecule has 4 rings (SSSR count). The minimum atomic E-state index is -4.77. The number of benzene rings is 3. The highest BCUT2D eigenvalue weighted by atomic mass is 19.4. The van der Waals surface area contributed by atoms with Gasteiger partial charge < -0.3 is 19.1 Å². The van der Waals surface area contributed by atoms with Gasteiger partial charge in [-0.3, -0.25) is 0 Å². The van der Waals surface area contributed by atoms with Crippen LogP contribution in [0, 0.1) is 0 Å². The Labute approximate surface area is 195 Å². The van der Waals surface area contributed by atoms with E-state index in [2.05, 4.69) is 4.74 Å². The van der Waals surface area contributed by atoms with Crippen LogP contribution in [0.5, 0.6) is 17.2 Å². The van der Waals surface area contributed by atoms with Crippen LogP contribution in [0.2, 0.25) is 0 Å². The van der Waals surface area contributed by atoms with Gasteiger partial charge in [0, 0.05) is 17.3 Å². The van der Waals surface area contributed by atoms with Crippen molar-refractivity contribution >= 4 is 5.69 Å². The molecule has 1 fully saturated rings. The average Bonchev–Trinajstić information content (AvgIpc) is 3.26. The Morgan fingerprint density at radius 2 is 1.46 bits per heavy atom. The van der Waals surface area contributed by atoms with Gasteiger partial charge in [-0.1, -0.05) is 36.4 Å². The van der Waals surface area contributed by atoms with E-state index in [0.29, 0.717) is 17.2 Å². The Kier molecular flexibility index (Phi) is 6.79. The highest BCUT2D eigenvalue weighted by Gasteiger charge is 2.49. The Morgan fingerprint density at radius 3 is 2.14 bits per heavy atom. The number of para-hydroxylation sites is 1. The third kappa shape index (κ3) is 5.79. The van der Waals surface area contributed by atoms with Crippen LogP contribution >= 0.6 is 0 Å². The maximum Gasteiger partial charge on any atom is 0.461 e. The van der Waals surface area contributed by atoms with Crippen molar-refractivity contribution in [3.8, 4) is 17.2 Å². The Morgan fingerprint density at radius 1 is 0.800 bits per heavy atom. The summed E-state index contributed by atoms with van der Waals surface area (Å²) in [6, 6.07) is 19.4. The second kappa shape index (κ2) is 9.65. The van der Waals surface area contributed by atoms with Crippen molar-refractivity contribution in [2.75, 3.05) is 11.4 Å². The largest absolute Gasteiger partial charge is 0.461 e. The van der Waals surface area contributed by atoms with Gasteiger partial charge in [-0.05, 0) is 36.4 Å². The van der Waals surface area contributed by atoms with Crippen LogP contribution in [0.15, 0.2) is 78.9 Å². The normalized spacial score (nSPS) is 18.7. The number of halogens is 7. The van der Waals surface area contributed by atoms with E-state index < -0.39 is 43.3 Å². The summed E-state index contributed by atoms with van der Waals surface area (Å²) in [5.41, 5.74) is 0.313. The Hall–Kier alpha value is -3.47. The standard InChI is InChI=1S/C24H18F7NO3/c25-22(26)24(30,31)35-19-11-4-6-15(12-19)21-32(14-20(34-21)23(27,28)29)16-7-5-10-18(13-16)33-17-8-2-1-3-9-17/h1-13,20-22H,14H2/t20?,21-/m0/s1. The number of ether oxygens (including phenoxy) is 3. The van der Waals surface area contributed by atoms with E-state index in [1.807, 2.05) is 0 Å². The molecular formula is C24H18F7NO3. The SMILES string of the molecule is FC(F)C(F)(F)Oc1cccc([C@@H]2OC(C(F)(F)F)CN2c2cccc(Oc3ccccc3)c2)c1. The molecule has 3 aromatic rings. The fourth-order valence-electron chi connectivity index (χ4n) is 3.51. The summed E-state index contributed by atoms with van der Waals surface area (Å²) in [6.45, 7) is -0.596. The molecule has 1 heterocycles. The van der Waals surface area contributed by atoms with Crippen LogP contribution in [0.1, 0.15) is 11.8 Å². The van der Waals surface area contributed by atoms with Gasteiger partial charge >= 0.3 is 18.7 Å². The summed E-state index contributed by atoms with van der Waals surface area (Å²) in [7, 11) is 0. The summed E-state index contributed by atoms with van der Waals surface area (Å²) < 4.78 is 107. The third-order valence-electron chi connectivity index (χ3n) is 5.08. The van der Waals surface area contributed by atoms with E-state index in [9.17, 15) is 30.7 Å². The molecule has 1 saturated heterocycles. The minimum Gasteiger partial charge on any atom is -0.457 e. The van der Waals surface area contributed by atoms with Crippen molar-refractivity contribution in [3.63, 3.8) is 0 Å². The highest BCUT2D eigenvalue weighted by Crippen LogP contribution is 2.42. The number of hydrogen-bond donors (Lipinski definition) is 0. The van der Waals surface area contributed by atoms with Crippen LogP contribution in [0.3, 0.4) is 0 Å². The van der Waals surface area contributed by atoms with Crippen molar-refractivity contribution in [2.45, 2.75) is 31.0 Å². The van der Waals surface area contributed by atoms with E-state index in [1.54, 1.807) is 42.5 Å². The molecule has 1 aliphatic heterocycles. The molecule has 1 unspecified atom stereocenters. The predicted molar refractivity (Wildman–Crippen MR) is 112 cm³/mol. The molecule has 0 spiro atoms. The number of anilines is 1. The number of alkyl halides is 7. The summed E-state index contributed by atoms with van der Waals surface area (Å²) >= 11 is 0. The molecule has 0 aliphatic carbocycles. The van der Waals surface area contributed by atoms with Gasteiger partial charge in [-0.15, -0.1) is 0 Å². The van der Waals surface area contributed by atoms with Crippen LogP contribution in [0.25, 0.3) is 0 Å². The summed E-state index contributed by atoms with van der Waals surface area (Å²) in [4.78, 5) is 1.28. The first-order valence-electron chi connectivity index (χ1n) is 10.3. The molecule has 4 nitrogen and oxygen atoms in total. The van der Waals surface area contributed by atoms with Crippen molar-refractivity contribution < 1.29 is 44.9 Å². The zero-order valence-electron chi connectivity index (χ0n) is 17.8. The summed E-state index contributed by atoms with van der Waals surface area (Å²) in [5, 5.41) is 0. The summed E-state index contributed by atoms with van der Waals surface area (Å²) in [5.74, 6) is 0.210. The van der Waals surface area contributed by atoms with E-state index in [4.69, 9.17) is 9.47 Å². The third-order valence-corrected chi connectivity index (χ3v) is 5.08.